The first-order valence-electron chi connectivity index (χ1n) is 6.17. The Morgan fingerprint density at radius 1 is 1.35 bits per heavy atom. The highest BCUT2D eigenvalue weighted by atomic mass is 16.5. The molecule has 2 N–H and O–H groups in total. The molecule has 2 rings (SSSR count). The molecule has 0 amide bonds. The second-order valence-corrected chi connectivity index (χ2v) is 5.32. The van der Waals surface area contributed by atoms with Crippen LogP contribution in [0.2, 0.25) is 0 Å². The summed E-state index contributed by atoms with van der Waals surface area (Å²) in [5.74, 6) is 0.908. The maximum atomic E-state index is 6.14. The summed E-state index contributed by atoms with van der Waals surface area (Å²) < 4.78 is 5.16. The van der Waals surface area contributed by atoms with Crippen LogP contribution in [0.25, 0.3) is 0 Å². The Morgan fingerprint density at radius 2 is 2.00 bits per heavy atom. The monoisotopic (exact) mass is 234 g/mol. The third-order valence-electron chi connectivity index (χ3n) is 3.96. The van der Waals surface area contributed by atoms with E-state index >= 15 is 0 Å². The minimum absolute atomic E-state index is 0.0972. The van der Waals surface area contributed by atoms with Crippen LogP contribution in [0.3, 0.4) is 0 Å². The van der Waals surface area contributed by atoms with Crippen molar-refractivity contribution in [1.29, 1.82) is 0 Å². The highest BCUT2D eigenvalue weighted by Crippen LogP contribution is 2.29. The molecule has 3 nitrogen and oxygen atoms in total. The SMILES string of the molecule is COc1ccc(CN2CCC(N)C2(C)C)cc1. The summed E-state index contributed by atoms with van der Waals surface area (Å²) in [6.45, 7) is 6.51. The molecule has 1 heterocycles. The van der Waals surface area contributed by atoms with E-state index in [0.29, 0.717) is 0 Å². The fourth-order valence-electron chi connectivity index (χ4n) is 2.40. The predicted octanol–water partition coefficient (Wildman–Crippen LogP) is 2.01. The Balaban J connectivity index is 2.05. The minimum atomic E-state index is 0.0972. The molecule has 0 radical (unpaired) electrons. The number of rotatable bonds is 3. The molecule has 1 aliphatic heterocycles. The Morgan fingerprint density at radius 3 is 2.47 bits per heavy atom. The fraction of sp³-hybridized carbons (Fsp3) is 0.571. The first-order chi connectivity index (χ1) is 8.04. The van der Waals surface area contributed by atoms with Crippen LogP contribution in [0.15, 0.2) is 24.3 Å². The van der Waals surface area contributed by atoms with Crippen molar-refractivity contribution in [2.24, 2.45) is 5.73 Å². The second-order valence-electron chi connectivity index (χ2n) is 5.32. The van der Waals surface area contributed by atoms with E-state index in [4.69, 9.17) is 10.5 Å². The van der Waals surface area contributed by atoms with Crippen molar-refractivity contribution >= 4 is 0 Å². The summed E-state index contributed by atoms with van der Waals surface area (Å²) in [6.07, 6.45) is 1.09. The van der Waals surface area contributed by atoms with E-state index in [9.17, 15) is 0 Å². The lowest BCUT2D eigenvalue weighted by Gasteiger charge is -2.34. The van der Waals surface area contributed by atoms with E-state index in [1.54, 1.807) is 7.11 Å². The van der Waals surface area contributed by atoms with Gasteiger partial charge in [-0.2, -0.15) is 0 Å². The van der Waals surface area contributed by atoms with Gasteiger partial charge in [-0.3, -0.25) is 4.90 Å². The van der Waals surface area contributed by atoms with Crippen LogP contribution < -0.4 is 10.5 Å². The van der Waals surface area contributed by atoms with Gasteiger partial charge in [-0.1, -0.05) is 12.1 Å². The summed E-state index contributed by atoms with van der Waals surface area (Å²) in [4.78, 5) is 2.46. The molecule has 1 aromatic carbocycles. The molecule has 1 aliphatic rings. The summed E-state index contributed by atoms with van der Waals surface area (Å²) in [7, 11) is 1.69. The molecule has 0 spiro atoms. The number of nitrogens with two attached hydrogens (primary N) is 1. The van der Waals surface area contributed by atoms with Crippen LogP contribution in [0.4, 0.5) is 0 Å². The molecule has 1 unspecified atom stereocenters. The molecule has 0 aromatic heterocycles. The highest BCUT2D eigenvalue weighted by molar-refractivity contribution is 5.27. The molecule has 1 aromatic rings. The van der Waals surface area contributed by atoms with E-state index in [1.807, 2.05) is 12.1 Å². The Kier molecular flexibility index (Phi) is 3.40. The first kappa shape index (κ1) is 12.4. The number of benzene rings is 1. The molecule has 0 bridgehead atoms. The van der Waals surface area contributed by atoms with Gasteiger partial charge in [-0.15, -0.1) is 0 Å². The second kappa shape index (κ2) is 4.67. The van der Waals surface area contributed by atoms with Gasteiger partial charge in [0.25, 0.3) is 0 Å². The quantitative estimate of drug-likeness (QED) is 0.869. The van der Waals surface area contributed by atoms with Crippen molar-refractivity contribution < 1.29 is 4.74 Å². The number of nitrogens with zero attached hydrogens (tertiary/aromatic N) is 1. The zero-order valence-corrected chi connectivity index (χ0v) is 10.9. The van der Waals surface area contributed by atoms with Crippen molar-refractivity contribution in [1.82, 2.24) is 4.90 Å². The van der Waals surface area contributed by atoms with Gasteiger partial charge < -0.3 is 10.5 Å². The molecule has 1 saturated heterocycles. The largest absolute Gasteiger partial charge is 0.497 e. The van der Waals surface area contributed by atoms with Crippen LogP contribution in [0, 0.1) is 0 Å². The van der Waals surface area contributed by atoms with Gasteiger partial charge in [0.05, 0.1) is 7.11 Å². The van der Waals surface area contributed by atoms with Crippen molar-refractivity contribution in [3.63, 3.8) is 0 Å². The van der Waals surface area contributed by atoms with Gasteiger partial charge in [0.2, 0.25) is 0 Å². The van der Waals surface area contributed by atoms with Gasteiger partial charge >= 0.3 is 0 Å². The first-order valence-corrected chi connectivity index (χ1v) is 6.17. The van der Waals surface area contributed by atoms with E-state index in [-0.39, 0.29) is 11.6 Å². The van der Waals surface area contributed by atoms with E-state index in [1.165, 1.54) is 5.56 Å². The van der Waals surface area contributed by atoms with E-state index < -0.39 is 0 Å². The zero-order chi connectivity index (χ0) is 12.5. The van der Waals surface area contributed by atoms with E-state index in [0.717, 1.165) is 25.3 Å². The van der Waals surface area contributed by atoms with Crippen LogP contribution in [0.1, 0.15) is 25.8 Å². The maximum absolute atomic E-state index is 6.14. The third kappa shape index (κ3) is 2.45. The molecular formula is C14H22N2O. The number of likely N-dealkylation sites (tertiary alicyclic amines) is 1. The van der Waals surface area contributed by atoms with Gasteiger partial charge in [0.1, 0.15) is 5.75 Å². The number of ether oxygens (including phenoxy) is 1. The maximum Gasteiger partial charge on any atom is 0.118 e. The molecule has 0 aliphatic carbocycles. The van der Waals surface area contributed by atoms with Crippen molar-refractivity contribution in [2.75, 3.05) is 13.7 Å². The Labute approximate surface area is 104 Å². The number of hydrogen-bond donors (Lipinski definition) is 1. The molecule has 17 heavy (non-hydrogen) atoms. The van der Waals surface area contributed by atoms with Crippen molar-refractivity contribution in [3.8, 4) is 5.75 Å². The zero-order valence-electron chi connectivity index (χ0n) is 10.9. The van der Waals surface area contributed by atoms with Gasteiger partial charge in [-0.25, -0.2) is 0 Å². The molecule has 94 valence electrons. The average molecular weight is 234 g/mol. The molecular weight excluding hydrogens is 212 g/mol. The normalized spacial score (nSPS) is 23.9. The minimum Gasteiger partial charge on any atom is -0.497 e. The topological polar surface area (TPSA) is 38.5 Å². The molecule has 3 heteroatoms. The summed E-state index contributed by atoms with van der Waals surface area (Å²) in [6, 6.07) is 8.55. The fourth-order valence-corrected chi connectivity index (χ4v) is 2.40. The molecule has 1 atom stereocenters. The van der Waals surface area contributed by atoms with Gasteiger partial charge in [0, 0.05) is 24.7 Å². The smallest absolute Gasteiger partial charge is 0.118 e. The lowest BCUT2D eigenvalue weighted by atomic mass is 9.96. The highest BCUT2D eigenvalue weighted by Gasteiger charge is 2.38. The van der Waals surface area contributed by atoms with E-state index in [2.05, 4.69) is 30.9 Å². The molecule has 1 fully saturated rings. The van der Waals surface area contributed by atoms with Crippen LogP contribution in [-0.4, -0.2) is 30.1 Å². The standard InChI is InChI=1S/C14H22N2O/c1-14(2)13(15)8-9-16(14)10-11-4-6-12(17-3)7-5-11/h4-7,13H,8-10,15H2,1-3H3. The van der Waals surface area contributed by atoms with Crippen LogP contribution in [-0.2, 0) is 6.54 Å². The van der Waals surface area contributed by atoms with Crippen LogP contribution in [0.5, 0.6) is 5.75 Å². The Hall–Kier alpha value is -1.06. The summed E-state index contributed by atoms with van der Waals surface area (Å²) in [5.41, 5.74) is 7.55. The van der Waals surface area contributed by atoms with Crippen LogP contribution >= 0.6 is 0 Å². The van der Waals surface area contributed by atoms with Crippen molar-refractivity contribution in [2.45, 2.75) is 38.4 Å². The lowest BCUT2D eigenvalue weighted by Crippen LogP contribution is -2.48. The lowest BCUT2D eigenvalue weighted by molar-refractivity contribution is 0.154. The number of methoxy groups -OCH3 is 1. The summed E-state index contributed by atoms with van der Waals surface area (Å²) in [5, 5.41) is 0. The Bertz CT molecular complexity index is 372. The third-order valence-corrected chi connectivity index (χ3v) is 3.96. The molecule has 0 saturated carbocycles. The van der Waals surface area contributed by atoms with Crippen molar-refractivity contribution in [3.05, 3.63) is 29.8 Å². The van der Waals surface area contributed by atoms with Gasteiger partial charge in [-0.05, 0) is 38.0 Å². The number of hydrogen-bond acceptors (Lipinski definition) is 3. The summed E-state index contributed by atoms with van der Waals surface area (Å²) >= 11 is 0. The average Bonchev–Trinajstić information content (AvgIpc) is 2.57. The van der Waals surface area contributed by atoms with Gasteiger partial charge in [0.15, 0.2) is 0 Å². The predicted molar refractivity (Wildman–Crippen MR) is 70.1 cm³/mol.